The fraction of sp³-hybridized carbons (Fsp3) is 0.400. The van der Waals surface area contributed by atoms with E-state index in [0.29, 0.717) is 13.0 Å². The zero-order valence-corrected chi connectivity index (χ0v) is 21.3. The van der Waals surface area contributed by atoms with E-state index in [1.807, 2.05) is 0 Å². The predicted octanol–water partition coefficient (Wildman–Crippen LogP) is 2.35. The summed E-state index contributed by atoms with van der Waals surface area (Å²) in [5.74, 6) is -1.29. The smallest absolute Gasteiger partial charge is 0.416 e. The van der Waals surface area contributed by atoms with Crippen LogP contribution in [0.2, 0.25) is 0 Å². The van der Waals surface area contributed by atoms with Gasteiger partial charge in [0.15, 0.2) is 0 Å². The van der Waals surface area contributed by atoms with Crippen LogP contribution >= 0.6 is 0 Å². The molecule has 12 nitrogen and oxygen atoms in total. The minimum absolute atomic E-state index is 0.00366. The number of non-ortho nitro benzene ring substituents is 1. The van der Waals surface area contributed by atoms with Crippen molar-refractivity contribution in [3.8, 4) is 5.75 Å². The van der Waals surface area contributed by atoms with Crippen LogP contribution in [0.1, 0.15) is 29.5 Å². The summed E-state index contributed by atoms with van der Waals surface area (Å²) >= 11 is 0. The second kappa shape index (κ2) is 11.4. The van der Waals surface area contributed by atoms with E-state index in [1.54, 1.807) is 0 Å². The molecule has 0 radical (unpaired) electrons. The summed E-state index contributed by atoms with van der Waals surface area (Å²) < 4.78 is 53.1. The van der Waals surface area contributed by atoms with E-state index in [-0.39, 0.29) is 52.8 Å². The van der Waals surface area contributed by atoms with Crippen molar-refractivity contribution >= 4 is 28.5 Å². The quantitative estimate of drug-likeness (QED) is 0.282. The molecule has 1 aliphatic heterocycles. The van der Waals surface area contributed by atoms with Crippen molar-refractivity contribution in [2.45, 2.75) is 38.1 Å². The van der Waals surface area contributed by atoms with Gasteiger partial charge in [-0.25, -0.2) is 4.79 Å². The maximum Gasteiger partial charge on any atom is 0.416 e. The molecule has 4 rings (SSSR count). The number of methoxy groups -OCH3 is 1. The van der Waals surface area contributed by atoms with Gasteiger partial charge in [-0.3, -0.25) is 24.3 Å². The molecule has 15 heteroatoms. The molecule has 2 heterocycles. The Labute approximate surface area is 224 Å². The Balaban J connectivity index is 1.80. The maximum absolute atomic E-state index is 13.8. The average Bonchev–Trinajstić information content (AvgIpc) is 3.50. The first-order chi connectivity index (χ1) is 18.9. The number of hydrogen-bond acceptors (Lipinski definition) is 7. The number of halogens is 3. The summed E-state index contributed by atoms with van der Waals surface area (Å²) in [5.41, 5.74) is 3.02. The first-order valence-electron chi connectivity index (χ1n) is 12.2. The molecule has 214 valence electrons. The standard InChI is InChI=1S/C25H26F3N5O7/c1-39-20-5-4-17(33(37)38)8-15(20)11-32-23-14(7-16(25(26,27)28)10-19(23)30-24(32)36)9-22(35)31(13-21(29)34)12-18-3-2-6-40-18/h4-5,7-8,10,18H,2-3,6,9,11-13H2,1H3,(H2,29,34)(H,30,36). The van der Waals surface area contributed by atoms with Crippen LogP contribution in [0.25, 0.3) is 11.0 Å². The van der Waals surface area contributed by atoms with Crippen molar-refractivity contribution in [2.24, 2.45) is 5.73 Å². The number of rotatable bonds is 10. The number of ether oxygens (including phenoxy) is 2. The van der Waals surface area contributed by atoms with Crippen LogP contribution in [0.15, 0.2) is 35.1 Å². The zero-order valence-electron chi connectivity index (χ0n) is 21.3. The van der Waals surface area contributed by atoms with Crippen molar-refractivity contribution in [1.82, 2.24) is 14.5 Å². The van der Waals surface area contributed by atoms with Crippen molar-refractivity contribution < 1.29 is 37.2 Å². The number of carbonyl (C=O) groups excluding carboxylic acids is 2. The number of benzene rings is 2. The number of nitro groups is 1. The Morgan fingerprint density at radius 2 is 2.02 bits per heavy atom. The summed E-state index contributed by atoms with van der Waals surface area (Å²) in [6.45, 7) is -0.272. The number of H-pyrrole nitrogens is 1. The molecule has 40 heavy (non-hydrogen) atoms. The largest absolute Gasteiger partial charge is 0.496 e. The number of aromatic nitrogens is 2. The van der Waals surface area contributed by atoms with Gasteiger partial charge in [-0.1, -0.05) is 0 Å². The molecule has 1 atom stereocenters. The number of nitrogens with zero attached hydrogens (tertiary/aromatic N) is 3. The number of carbonyl (C=O) groups is 2. The Hall–Kier alpha value is -4.40. The number of nitro benzene ring substituents is 1. The molecule has 2 amide bonds. The van der Waals surface area contributed by atoms with Crippen LogP contribution in [0.4, 0.5) is 18.9 Å². The molecule has 1 fully saturated rings. The topological polar surface area (TPSA) is 163 Å². The lowest BCUT2D eigenvalue weighted by Crippen LogP contribution is -2.43. The number of aromatic amines is 1. The first kappa shape index (κ1) is 28.6. The molecule has 0 spiro atoms. The van der Waals surface area contributed by atoms with Gasteiger partial charge in [-0.05, 0) is 36.6 Å². The van der Waals surface area contributed by atoms with Crippen molar-refractivity contribution in [3.63, 3.8) is 0 Å². The minimum Gasteiger partial charge on any atom is -0.496 e. The molecule has 0 aliphatic carbocycles. The summed E-state index contributed by atoms with van der Waals surface area (Å²) in [6, 6.07) is 5.26. The van der Waals surface area contributed by atoms with E-state index in [2.05, 4.69) is 4.98 Å². The number of nitrogens with two attached hydrogens (primary N) is 1. The summed E-state index contributed by atoms with van der Waals surface area (Å²) in [5, 5.41) is 11.3. The van der Waals surface area contributed by atoms with E-state index in [9.17, 15) is 37.7 Å². The SMILES string of the molecule is COc1ccc([N+](=O)[O-])cc1Cn1c(=O)[nH]c2cc(C(F)(F)F)cc(CC(=O)N(CC(N)=O)CC3CCCO3)c21. The second-order valence-corrected chi connectivity index (χ2v) is 9.35. The van der Waals surface area contributed by atoms with Crippen molar-refractivity contribution in [1.29, 1.82) is 0 Å². The van der Waals surface area contributed by atoms with Gasteiger partial charge in [0.2, 0.25) is 11.8 Å². The molecule has 3 N–H and O–H groups in total. The van der Waals surface area contributed by atoms with Gasteiger partial charge in [0.25, 0.3) is 5.69 Å². The van der Waals surface area contributed by atoms with Crippen LogP contribution in [-0.2, 0) is 33.5 Å². The Kier molecular flexibility index (Phi) is 8.13. The monoisotopic (exact) mass is 565 g/mol. The molecule has 2 aromatic carbocycles. The number of fused-ring (bicyclic) bond motifs is 1. The highest BCUT2D eigenvalue weighted by molar-refractivity contribution is 5.89. The normalized spacial score (nSPS) is 15.3. The number of hydrogen-bond donors (Lipinski definition) is 2. The number of nitrogens with one attached hydrogen (secondary N) is 1. The van der Waals surface area contributed by atoms with Gasteiger partial charge in [-0.2, -0.15) is 13.2 Å². The summed E-state index contributed by atoms with van der Waals surface area (Å²) in [7, 11) is 1.32. The molecule has 1 aromatic heterocycles. The van der Waals surface area contributed by atoms with Gasteiger partial charge >= 0.3 is 11.9 Å². The molecular formula is C25H26F3N5O7. The highest BCUT2D eigenvalue weighted by Crippen LogP contribution is 2.34. The van der Waals surface area contributed by atoms with Crippen LogP contribution < -0.4 is 16.2 Å². The molecule has 0 bridgehead atoms. The third-order valence-corrected chi connectivity index (χ3v) is 6.57. The highest BCUT2D eigenvalue weighted by atomic mass is 19.4. The third-order valence-electron chi connectivity index (χ3n) is 6.57. The first-order valence-corrected chi connectivity index (χ1v) is 12.2. The minimum atomic E-state index is -4.79. The molecule has 0 saturated carbocycles. The van der Waals surface area contributed by atoms with Gasteiger partial charge in [0.05, 0.1) is 54.2 Å². The van der Waals surface area contributed by atoms with Crippen LogP contribution in [-0.4, -0.2) is 64.1 Å². The Bertz CT molecular complexity index is 1510. The summed E-state index contributed by atoms with van der Waals surface area (Å²) in [6.07, 6.45) is -4.34. The molecular weight excluding hydrogens is 539 g/mol. The zero-order chi connectivity index (χ0) is 29.2. The van der Waals surface area contributed by atoms with Gasteiger partial charge in [0, 0.05) is 30.8 Å². The van der Waals surface area contributed by atoms with E-state index in [4.69, 9.17) is 15.2 Å². The Morgan fingerprint density at radius 1 is 1.27 bits per heavy atom. The number of imidazole rings is 1. The number of primary amides is 1. The lowest BCUT2D eigenvalue weighted by molar-refractivity contribution is -0.384. The van der Waals surface area contributed by atoms with Crippen LogP contribution in [0, 0.1) is 10.1 Å². The van der Waals surface area contributed by atoms with E-state index in [0.717, 1.165) is 28.0 Å². The fourth-order valence-corrected chi connectivity index (χ4v) is 4.77. The lowest BCUT2D eigenvalue weighted by Gasteiger charge is -2.24. The van der Waals surface area contributed by atoms with Crippen LogP contribution in [0.3, 0.4) is 0 Å². The lowest BCUT2D eigenvalue weighted by atomic mass is 10.0. The van der Waals surface area contributed by atoms with Crippen LogP contribution in [0.5, 0.6) is 5.75 Å². The van der Waals surface area contributed by atoms with E-state index >= 15 is 0 Å². The Morgan fingerprint density at radius 3 is 2.62 bits per heavy atom. The molecule has 1 saturated heterocycles. The van der Waals surface area contributed by atoms with Gasteiger partial charge in [-0.15, -0.1) is 0 Å². The molecule has 3 aromatic rings. The van der Waals surface area contributed by atoms with Crippen molar-refractivity contribution in [2.75, 3.05) is 26.8 Å². The maximum atomic E-state index is 13.8. The average molecular weight is 566 g/mol. The number of alkyl halides is 3. The van der Waals surface area contributed by atoms with Gasteiger partial charge in [0.1, 0.15) is 5.75 Å². The highest BCUT2D eigenvalue weighted by Gasteiger charge is 2.33. The summed E-state index contributed by atoms with van der Waals surface area (Å²) in [4.78, 5) is 52.1. The fourth-order valence-electron chi connectivity index (χ4n) is 4.77. The molecule has 1 aliphatic rings. The van der Waals surface area contributed by atoms with Gasteiger partial charge < -0.3 is 25.1 Å². The van der Waals surface area contributed by atoms with E-state index < -0.39 is 47.1 Å². The third kappa shape index (κ3) is 6.25. The van der Waals surface area contributed by atoms with E-state index in [1.165, 1.54) is 25.3 Å². The second-order valence-electron chi connectivity index (χ2n) is 9.35. The molecule has 1 unspecified atom stereocenters. The van der Waals surface area contributed by atoms with Crippen molar-refractivity contribution in [3.05, 3.63) is 67.6 Å². The predicted molar refractivity (Wildman–Crippen MR) is 135 cm³/mol. The number of amides is 2.